The number of hydrogen-bond acceptors (Lipinski definition) is 1. The van der Waals surface area contributed by atoms with E-state index in [0.29, 0.717) is 17.1 Å². The van der Waals surface area contributed by atoms with Crippen molar-refractivity contribution in [1.82, 2.24) is 0 Å². The summed E-state index contributed by atoms with van der Waals surface area (Å²) in [5, 5.41) is 0. The summed E-state index contributed by atoms with van der Waals surface area (Å²) in [6, 6.07) is 0. The Hall–Kier alpha value is -0.330. The summed E-state index contributed by atoms with van der Waals surface area (Å²) in [5.41, 5.74) is 0.524. The predicted octanol–water partition coefficient (Wildman–Crippen LogP) is 3.96. The van der Waals surface area contributed by atoms with Gasteiger partial charge in [-0.2, -0.15) is 0 Å². The third kappa shape index (κ3) is 2.43. The fraction of sp³-hybridized carbons (Fsp3) is 0.929. The molecule has 2 atom stereocenters. The van der Waals surface area contributed by atoms with E-state index in [1.165, 1.54) is 38.5 Å². The second-order valence-electron chi connectivity index (χ2n) is 6.08. The molecular formula is C14H24O. The lowest BCUT2D eigenvalue weighted by atomic mass is 9.63. The van der Waals surface area contributed by atoms with Crippen molar-refractivity contribution in [2.45, 2.75) is 65.2 Å². The molecule has 0 heterocycles. The first kappa shape index (κ1) is 11.2. The molecule has 0 radical (unpaired) electrons. The maximum atomic E-state index is 11.9. The zero-order valence-electron chi connectivity index (χ0n) is 10.2. The zero-order valence-corrected chi connectivity index (χ0v) is 10.2. The fourth-order valence-electron chi connectivity index (χ4n) is 3.35. The van der Waals surface area contributed by atoms with Gasteiger partial charge in [0.05, 0.1) is 0 Å². The molecule has 2 aliphatic rings. The topological polar surface area (TPSA) is 17.1 Å². The lowest BCUT2D eigenvalue weighted by molar-refractivity contribution is -0.127. The van der Waals surface area contributed by atoms with E-state index in [1.807, 2.05) is 0 Å². The molecule has 1 heteroatoms. The van der Waals surface area contributed by atoms with Crippen molar-refractivity contribution in [2.75, 3.05) is 0 Å². The molecule has 2 rings (SSSR count). The Bertz CT molecular complexity index is 240. The zero-order chi connectivity index (χ0) is 10.9. The van der Waals surface area contributed by atoms with Crippen molar-refractivity contribution in [3.8, 4) is 0 Å². The summed E-state index contributed by atoms with van der Waals surface area (Å²) in [6.45, 7) is 4.64. The Balaban J connectivity index is 1.91. The highest BCUT2D eigenvalue weighted by molar-refractivity contribution is 5.81. The van der Waals surface area contributed by atoms with E-state index >= 15 is 0 Å². The van der Waals surface area contributed by atoms with Crippen molar-refractivity contribution in [1.29, 1.82) is 0 Å². The molecule has 0 aromatic heterocycles. The molecule has 0 spiro atoms. The average molecular weight is 208 g/mol. The van der Waals surface area contributed by atoms with Crippen LogP contribution in [-0.2, 0) is 4.79 Å². The van der Waals surface area contributed by atoms with Gasteiger partial charge in [0, 0.05) is 12.3 Å². The van der Waals surface area contributed by atoms with Crippen LogP contribution in [0.3, 0.4) is 0 Å². The monoisotopic (exact) mass is 208 g/mol. The molecule has 0 aromatic rings. The molecule has 0 N–H and O–H groups in total. The van der Waals surface area contributed by atoms with Crippen LogP contribution in [0.2, 0.25) is 0 Å². The minimum absolute atomic E-state index is 0.411. The van der Waals surface area contributed by atoms with Gasteiger partial charge in [-0.25, -0.2) is 0 Å². The van der Waals surface area contributed by atoms with Crippen LogP contribution in [-0.4, -0.2) is 5.78 Å². The van der Waals surface area contributed by atoms with Crippen molar-refractivity contribution in [3.05, 3.63) is 0 Å². The summed E-state index contributed by atoms with van der Waals surface area (Å²) in [7, 11) is 0. The van der Waals surface area contributed by atoms with E-state index in [1.54, 1.807) is 0 Å². The maximum Gasteiger partial charge on any atom is 0.136 e. The van der Waals surface area contributed by atoms with Gasteiger partial charge in [0.25, 0.3) is 0 Å². The number of ketones is 1. The minimum atomic E-state index is 0.411. The predicted molar refractivity (Wildman–Crippen MR) is 62.7 cm³/mol. The van der Waals surface area contributed by atoms with Crippen LogP contribution in [0.5, 0.6) is 0 Å². The Labute approximate surface area is 93.6 Å². The van der Waals surface area contributed by atoms with Crippen LogP contribution in [0.25, 0.3) is 0 Å². The van der Waals surface area contributed by atoms with Gasteiger partial charge in [0.1, 0.15) is 5.78 Å². The highest BCUT2D eigenvalue weighted by Gasteiger charge is 2.38. The summed E-state index contributed by atoms with van der Waals surface area (Å²) in [6.07, 6.45) is 9.74. The molecule has 0 saturated heterocycles. The second-order valence-corrected chi connectivity index (χ2v) is 6.08. The van der Waals surface area contributed by atoms with Gasteiger partial charge in [-0.05, 0) is 43.4 Å². The molecular weight excluding hydrogens is 184 g/mol. The molecule has 2 unspecified atom stereocenters. The smallest absolute Gasteiger partial charge is 0.136 e. The van der Waals surface area contributed by atoms with Crippen LogP contribution >= 0.6 is 0 Å². The molecule has 2 saturated carbocycles. The van der Waals surface area contributed by atoms with Crippen LogP contribution < -0.4 is 0 Å². The second kappa shape index (κ2) is 4.27. The average Bonchev–Trinajstić information content (AvgIpc) is 2.19. The Morgan fingerprint density at radius 3 is 2.67 bits per heavy atom. The lowest BCUT2D eigenvalue weighted by Gasteiger charge is -2.42. The third-order valence-electron chi connectivity index (χ3n) is 4.75. The molecule has 15 heavy (non-hydrogen) atoms. The van der Waals surface area contributed by atoms with Crippen molar-refractivity contribution < 1.29 is 4.79 Å². The van der Waals surface area contributed by atoms with Crippen LogP contribution in [0, 0.1) is 17.3 Å². The van der Waals surface area contributed by atoms with E-state index in [9.17, 15) is 4.79 Å². The SMILES string of the molecule is CCC1CCC(=O)C(CC2(C)CCC2)C1. The Kier molecular flexibility index (Phi) is 3.18. The summed E-state index contributed by atoms with van der Waals surface area (Å²) < 4.78 is 0. The van der Waals surface area contributed by atoms with Crippen LogP contribution in [0.1, 0.15) is 65.2 Å². The van der Waals surface area contributed by atoms with E-state index in [-0.39, 0.29) is 0 Å². The molecule has 2 fully saturated rings. The normalized spacial score (nSPS) is 34.9. The number of hydrogen-bond donors (Lipinski definition) is 0. The quantitative estimate of drug-likeness (QED) is 0.686. The largest absolute Gasteiger partial charge is 0.299 e. The van der Waals surface area contributed by atoms with E-state index in [0.717, 1.165) is 18.8 Å². The number of rotatable bonds is 3. The van der Waals surface area contributed by atoms with Gasteiger partial charge in [-0.3, -0.25) is 4.79 Å². The van der Waals surface area contributed by atoms with E-state index in [4.69, 9.17) is 0 Å². The fourth-order valence-corrected chi connectivity index (χ4v) is 3.35. The van der Waals surface area contributed by atoms with E-state index < -0.39 is 0 Å². The number of Topliss-reactive ketones (excluding diaryl/α,β-unsaturated/α-hetero) is 1. The summed E-state index contributed by atoms with van der Waals surface area (Å²) in [4.78, 5) is 11.9. The van der Waals surface area contributed by atoms with Gasteiger partial charge < -0.3 is 0 Å². The highest BCUT2D eigenvalue weighted by Crippen LogP contribution is 2.47. The molecule has 0 bridgehead atoms. The Morgan fingerprint density at radius 2 is 2.13 bits per heavy atom. The molecule has 0 aromatic carbocycles. The number of carbonyl (C=O) groups excluding carboxylic acids is 1. The van der Waals surface area contributed by atoms with Gasteiger partial charge in [0.15, 0.2) is 0 Å². The van der Waals surface area contributed by atoms with Gasteiger partial charge in [0.2, 0.25) is 0 Å². The Morgan fingerprint density at radius 1 is 1.40 bits per heavy atom. The standard InChI is InChI=1S/C14H24O/c1-3-11-5-6-13(15)12(9-11)10-14(2)7-4-8-14/h11-12H,3-10H2,1-2H3. The maximum absolute atomic E-state index is 11.9. The van der Waals surface area contributed by atoms with Crippen molar-refractivity contribution in [3.63, 3.8) is 0 Å². The summed E-state index contributed by atoms with van der Waals surface area (Å²) >= 11 is 0. The third-order valence-corrected chi connectivity index (χ3v) is 4.75. The lowest BCUT2D eigenvalue weighted by Crippen LogP contribution is -2.34. The van der Waals surface area contributed by atoms with Gasteiger partial charge >= 0.3 is 0 Å². The first-order valence-corrected chi connectivity index (χ1v) is 6.66. The summed E-state index contributed by atoms with van der Waals surface area (Å²) in [5.74, 6) is 1.80. The van der Waals surface area contributed by atoms with Gasteiger partial charge in [-0.15, -0.1) is 0 Å². The molecule has 0 aliphatic heterocycles. The first-order valence-electron chi connectivity index (χ1n) is 6.66. The van der Waals surface area contributed by atoms with Crippen molar-refractivity contribution in [2.24, 2.45) is 17.3 Å². The highest BCUT2D eigenvalue weighted by atomic mass is 16.1. The molecule has 2 aliphatic carbocycles. The van der Waals surface area contributed by atoms with Crippen molar-refractivity contribution >= 4 is 5.78 Å². The molecule has 1 nitrogen and oxygen atoms in total. The minimum Gasteiger partial charge on any atom is -0.299 e. The van der Waals surface area contributed by atoms with Crippen LogP contribution in [0.4, 0.5) is 0 Å². The van der Waals surface area contributed by atoms with E-state index in [2.05, 4.69) is 13.8 Å². The molecule has 86 valence electrons. The first-order chi connectivity index (χ1) is 7.13. The number of carbonyl (C=O) groups is 1. The molecule has 0 amide bonds. The van der Waals surface area contributed by atoms with Gasteiger partial charge in [-0.1, -0.05) is 26.7 Å². The van der Waals surface area contributed by atoms with Crippen LogP contribution in [0.15, 0.2) is 0 Å².